The van der Waals surface area contributed by atoms with Crippen molar-refractivity contribution in [1.29, 1.82) is 0 Å². The minimum absolute atomic E-state index is 0.0294. The quantitative estimate of drug-likeness (QED) is 0.702. The third kappa shape index (κ3) is 4.40. The van der Waals surface area contributed by atoms with E-state index in [-0.39, 0.29) is 11.9 Å². The summed E-state index contributed by atoms with van der Waals surface area (Å²) in [7, 11) is 0. The molecule has 0 atom stereocenters. The highest BCUT2D eigenvalue weighted by Gasteiger charge is 2.23. The van der Waals surface area contributed by atoms with E-state index in [2.05, 4.69) is 11.4 Å². The predicted octanol–water partition coefficient (Wildman–Crippen LogP) is 4.53. The van der Waals surface area contributed by atoms with Gasteiger partial charge in [0.05, 0.1) is 0 Å². The van der Waals surface area contributed by atoms with Crippen LogP contribution in [-0.4, -0.2) is 47.9 Å². The first-order valence-electron chi connectivity index (χ1n) is 10.0. The molecule has 1 saturated heterocycles. The molecule has 1 aliphatic rings. The molecule has 0 radical (unpaired) electrons. The fourth-order valence-electron chi connectivity index (χ4n) is 3.67. The highest BCUT2D eigenvalue weighted by Crippen LogP contribution is 2.19. The maximum atomic E-state index is 12.8. The Balaban J connectivity index is 1.38. The summed E-state index contributed by atoms with van der Waals surface area (Å²) in [6.45, 7) is 4.37. The number of urea groups is 1. The Hall–Kier alpha value is -3.34. The van der Waals surface area contributed by atoms with Gasteiger partial charge in [0, 0.05) is 37.4 Å². The van der Waals surface area contributed by atoms with Crippen LogP contribution in [0, 0.1) is 6.92 Å². The first-order valence-corrected chi connectivity index (χ1v) is 10.0. The Morgan fingerprint density at radius 1 is 0.793 bits per heavy atom. The van der Waals surface area contributed by atoms with Crippen molar-refractivity contribution in [2.24, 2.45) is 0 Å². The molecule has 3 aromatic rings. The molecule has 148 valence electrons. The molecule has 1 aliphatic heterocycles. The Morgan fingerprint density at radius 3 is 2.28 bits per heavy atom. The summed E-state index contributed by atoms with van der Waals surface area (Å²) in [5.41, 5.74) is 2.61. The van der Waals surface area contributed by atoms with Crippen LogP contribution >= 0.6 is 0 Å². The molecule has 29 heavy (non-hydrogen) atoms. The van der Waals surface area contributed by atoms with Gasteiger partial charge in [-0.1, -0.05) is 48.0 Å². The topological polar surface area (TPSA) is 52.7 Å². The molecule has 3 amide bonds. The third-order valence-electron chi connectivity index (χ3n) is 5.37. The third-order valence-corrected chi connectivity index (χ3v) is 5.37. The monoisotopic (exact) mass is 387 g/mol. The molecule has 1 N–H and O–H groups in total. The molecule has 4 rings (SSSR count). The summed E-state index contributed by atoms with van der Waals surface area (Å²) in [5, 5.41) is 5.23. The molecule has 0 spiro atoms. The van der Waals surface area contributed by atoms with Crippen molar-refractivity contribution < 1.29 is 9.59 Å². The number of carbonyl (C=O) groups is 2. The number of nitrogens with one attached hydrogen (secondary N) is 1. The SMILES string of the molecule is Cc1ccc(C(=O)N2CCCN(C(=O)Nc3ccc4ccccc4c3)CC2)cc1. The van der Waals surface area contributed by atoms with Gasteiger partial charge in [-0.2, -0.15) is 0 Å². The molecule has 0 aliphatic carbocycles. The van der Waals surface area contributed by atoms with E-state index in [1.54, 1.807) is 4.90 Å². The lowest BCUT2D eigenvalue weighted by Crippen LogP contribution is -2.39. The van der Waals surface area contributed by atoms with E-state index in [4.69, 9.17) is 0 Å². The highest BCUT2D eigenvalue weighted by atomic mass is 16.2. The van der Waals surface area contributed by atoms with Crippen LogP contribution in [0.5, 0.6) is 0 Å². The molecule has 0 aromatic heterocycles. The second kappa shape index (κ2) is 8.35. The van der Waals surface area contributed by atoms with Gasteiger partial charge in [-0.15, -0.1) is 0 Å². The van der Waals surface area contributed by atoms with E-state index >= 15 is 0 Å². The van der Waals surface area contributed by atoms with Gasteiger partial charge in [0.1, 0.15) is 0 Å². The molecular weight excluding hydrogens is 362 g/mol. The molecule has 5 heteroatoms. The van der Waals surface area contributed by atoms with Gasteiger partial charge < -0.3 is 15.1 Å². The van der Waals surface area contributed by atoms with Crippen molar-refractivity contribution in [1.82, 2.24) is 9.80 Å². The number of benzene rings is 3. The number of amides is 3. The van der Waals surface area contributed by atoms with Crippen LogP contribution in [-0.2, 0) is 0 Å². The van der Waals surface area contributed by atoms with E-state index in [0.29, 0.717) is 31.7 Å². The summed E-state index contributed by atoms with van der Waals surface area (Å²) < 4.78 is 0. The number of rotatable bonds is 2. The smallest absolute Gasteiger partial charge is 0.321 e. The number of fused-ring (bicyclic) bond motifs is 1. The maximum Gasteiger partial charge on any atom is 0.321 e. The van der Waals surface area contributed by atoms with Gasteiger partial charge >= 0.3 is 6.03 Å². The lowest BCUT2D eigenvalue weighted by atomic mass is 10.1. The van der Waals surface area contributed by atoms with Gasteiger partial charge in [0.25, 0.3) is 5.91 Å². The van der Waals surface area contributed by atoms with E-state index < -0.39 is 0 Å². The zero-order chi connectivity index (χ0) is 20.2. The van der Waals surface area contributed by atoms with E-state index in [9.17, 15) is 9.59 Å². The van der Waals surface area contributed by atoms with Crippen LogP contribution in [0.4, 0.5) is 10.5 Å². The van der Waals surface area contributed by atoms with Crippen molar-refractivity contribution >= 4 is 28.4 Å². The maximum absolute atomic E-state index is 12.8. The number of hydrogen-bond acceptors (Lipinski definition) is 2. The number of hydrogen-bond donors (Lipinski definition) is 1. The van der Waals surface area contributed by atoms with Crippen LogP contribution in [0.2, 0.25) is 0 Å². The summed E-state index contributed by atoms with van der Waals surface area (Å²) in [6.07, 6.45) is 0.767. The Morgan fingerprint density at radius 2 is 1.48 bits per heavy atom. The van der Waals surface area contributed by atoms with Gasteiger partial charge in [-0.05, 0) is 48.4 Å². The van der Waals surface area contributed by atoms with E-state index in [1.807, 2.05) is 72.5 Å². The zero-order valence-electron chi connectivity index (χ0n) is 16.6. The van der Waals surface area contributed by atoms with Crippen molar-refractivity contribution in [2.75, 3.05) is 31.5 Å². The first-order chi connectivity index (χ1) is 14.1. The van der Waals surface area contributed by atoms with Gasteiger partial charge in [0.2, 0.25) is 0 Å². The van der Waals surface area contributed by atoms with Crippen LogP contribution in [0.3, 0.4) is 0 Å². The second-order valence-electron chi connectivity index (χ2n) is 7.49. The minimum atomic E-state index is -0.120. The van der Waals surface area contributed by atoms with E-state index in [1.165, 1.54) is 0 Å². The molecule has 1 fully saturated rings. The lowest BCUT2D eigenvalue weighted by Gasteiger charge is -2.22. The average Bonchev–Trinajstić information content (AvgIpc) is 3.00. The lowest BCUT2D eigenvalue weighted by molar-refractivity contribution is 0.0762. The minimum Gasteiger partial charge on any atom is -0.337 e. The fraction of sp³-hybridized carbons (Fsp3) is 0.250. The predicted molar refractivity (Wildman–Crippen MR) is 116 cm³/mol. The van der Waals surface area contributed by atoms with Crippen LogP contribution in [0.15, 0.2) is 66.7 Å². The van der Waals surface area contributed by atoms with Gasteiger partial charge in [-0.3, -0.25) is 4.79 Å². The van der Waals surface area contributed by atoms with Crippen molar-refractivity contribution in [3.63, 3.8) is 0 Å². The summed E-state index contributed by atoms with van der Waals surface area (Å²) in [5.74, 6) is 0.0294. The Kier molecular flexibility index (Phi) is 5.47. The highest BCUT2D eigenvalue weighted by molar-refractivity contribution is 5.95. The van der Waals surface area contributed by atoms with Crippen molar-refractivity contribution in [2.45, 2.75) is 13.3 Å². The van der Waals surface area contributed by atoms with Crippen LogP contribution < -0.4 is 5.32 Å². The van der Waals surface area contributed by atoms with Crippen molar-refractivity contribution in [3.05, 3.63) is 77.9 Å². The molecule has 0 saturated carbocycles. The van der Waals surface area contributed by atoms with Crippen molar-refractivity contribution in [3.8, 4) is 0 Å². The molecule has 0 unspecified atom stereocenters. The summed E-state index contributed by atoms with van der Waals surface area (Å²) in [6, 6.07) is 21.5. The molecule has 5 nitrogen and oxygen atoms in total. The van der Waals surface area contributed by atoms with E-state index in [0.717, 1.165) is 28.4 Å². The van der Waals surface area contributed by atoms with Gasteiger partial charge in [-0.25, -0.2) is 4.79 Å². The Labute approximate surface area is 170 Å². The molecule has 0 bridgehead atoms. The average molecular weight is 387 g/mol. The number of nitrogens with zero attached hydrogens (tertiary/aromatic N) is 2. The molecular formula is C24H25N3O2. The molecule has 1 heterocycles. The summed E-state index contributed by atoms with van der Waals surface area (Å²) >= 11 is 0. The zero-order valence-corrected chi connectivity index (χ0v) is 16.6. The first kappa shape index (κ1) is 19.0. The number of aryl methyl sites for hydroxylation is 1. The number of anilines is 1. The normalized spacial score (nSPS) is 14.5. The summed E-state index contributed by atoms with van der Waals surface area (Å²) in [4.78, 5) is 29.1. The Bertz CT molecular complexity index is 1030. The largest absolute Gasteiger partial charge is 0.337 e. The standard InChI is InChI=1S/C24H25N3O2/c1-18-7-9-20(10-8-18)23(28)26-13-4-14-27(16-15-26)24(29)25-22-12-11-19-5-2-3-6-21(19)17-22/h2-3,5-12,17H,4,13-16H2,1H3,(H,25,29). The fourth-order valence-corrected chi connectivity index (χ4v) is 3.67. The van der Waals surface area contributed by atoms with Crippen LogP contribution in [0.1, 0.15) is 22.3 Å². The molecule has 3 aromatic carbocycles. The van der Waals surface area contributed by atoms with Gasteiger partial charge in [0.15, 0.2) is 0 Å². The van der Waals surface area contributed by atoms with Crippen LogP contribution in [0.25, 0.3) is 10.8 Å². The second-order valence-corrected chi connectivity index (χ2v) is 7.49. The number of carbonyl (C=O) groups excluding carboxylic acids is 2.